The van der Waals surface area contributed by atoms with E-state index in [4.69, 9.17) is 39.2 Å². The summed E-state index contributed by atoms with van der Waals surface area (Å²) in [4.78, 5) is 21.2. The summed E-state index contributed by atoms with van der Waals surface area (Å²) in [6.07, 6.45) is 2.90. The van der Waals surface area contributed by atoms with Crippen LogP contribution in [-0.2, 0) is 6.54 Å². The largest absolute Gasteiger partial charge is 0.412 e. The zero-order valence-electron chi connectivity index (χ0n) is 16.2. The van der Waals surface area contributed by atoms with Crippen LogP contribution in [0.5, 0.6) is 0 Å². The summed E-state index contributed by atoms with van der Waals surface area (Å²) in [6.45, 7) is 0.346. The first-order valence-corrected chi connectivity index (χ1v) is 10.5. The zero-order chi connectivity index (χ0) is 22.2. The van der Waals surface area contributed by atoms with Crippen molar-refractivity contribution in [3.63, 3.8) is 0 Å². The Morgan fingerprint density at radius 1 is 1.03 bits per heavy atom. The van der Waals surface area contributed by atoms with Gasteiger partial charge >= 0.3 is 0 Å². The van der Waals surface area contributed by atoms with E-state index in [0.29, 0.717) is 27.7 Å². The van der Waals surface area contributed by atoms with Gasteiger partial charge in [-0.3, -0.25) is 4.79 Å². The van der Waals surface area contributed by atoms with E-state index >= 15 is 0 Å². The quantitative estimate of drug-likeness (QED) is 0.296. The summed E-state index contributed by atoms with van der Waals surface area (Å²) >= 11 is 19.1. The van der Waals surface area contributed by atoms with E-state index in [1.165, 1.54) is 6.33 Å². The van der Waals surface area contributed by atoms with Crippen molar-refractivity contribution in [1.29, 1.82) is 0 Å². The number of ketones is 1. The number of nitrogens with zero attached hydrogens (tertiary/aromatic N) is 5. The Balaban J connectivity index is 1.58. The van der Waals surface area contributed by atoms with Crippen molar-refractivity contribution in [3.05, 3.63) is 93.3 Å². The van der Waals surface area contributed by atoms with Gasteiger partial charge in [0.15, 0.2) is 0 Å². The Morgan fingerprint density at radius 2 is 1.88 bits per heavy atom. The maximum absolute atomic E-state index is 13.3. The minimum absolute atomic E-state index is 0.114. The van der Waals surface area contributed by atoms with Gasteiger partial charge in [0.05, 0.1) is 17.6 Å². The number of carbonyl (C=O) groups is 1. The number of hydrogen-bond donors (Lipinski definition) is 0. The standard InChI is InChI=1S/C22H12Cl3N5O2/c23-13-6-5-12(15(24)9-13)10-30-17-4-2-1-3-14(17)18(20(30)25)19(31)22-29-28-21(32-22)16-7-8-26-11-27-16/h1-9,11H,10H2. The van der Waals surface area contributed by atoms with Crippen molar-refractivity contribution in [1.82, 2.24) is 24.7 Å². The molecule has 0 spiro atoms. The van der Waals surface area contributed by atoms with Crippen molar-refractivity contribution in [2.24, 2.45) is 0 Å². The fourth-order valence-electron chi connectivity index (χ4n) is 3.41. The molecule has 158 valence electrons. The Labute approximate surface area is 196 Å². The Morgan fingerprint density at radius 3 is 2.66 bits per heavy atom. The van der Waals surface area contributed by atoms with E-state index in [1.807, 2.05) is 30.3 Å². The molecule has 3 heterocycles. The number of benzene rings is 2. The second-order valence-corrected chi connectivity index (χ2v) is 8.04. The molecule has 0 atom stereocenters. The molecule has 0 fully saturated rings. The Hall–Kier alpha value is -3.26. The third kappa shape index (κ3) is 3.64. The van der Waals surface area contributed by atoms with E-state index < -0.39 is 5.78 Å². The molecule has 5 aromatic rings. The molecule has 32 heavy (non-hydrogen) atoms. The molecule has 7 nitrogen and oxygen atoms in total. The first-order chi connectivity index (χ1) is 15.5. The van der Waals surface area contributed by atoms with Crippen LogP contribution in [0.2, 0.25) is 15.2 Å². The summed E-state index contributed by atoms with van der Waals surface area (Å²) in [5.74, 6) is -0.559. The Kier molecular flexibility index (Phi) is 5.38. The smallest absolute Gasteiger partial charge is 0.289 e. The first-order valence-electron chi connectivity index (χ1n) is 9.38. The third-order valence-electron chi connectivity index (χ3n) is 4.90. The highest BCUT2D eigenvalue weighted by molar-refractivity contribution is 6.37. The molecule has 0 aliphatic rings. The SMILES string of the molecule is O=C(c1nnc(-c2ccncn2)o1)c1c(Cl)n(Cc2ccc(Cl)cc2Cl)c2ccccc12. The van der Waals surface area contributed by atoms with Gasteiger partial charge in [-0.15, -0.1) is 10.2 Å². The molecule has 0 saturated heterocycles. The fraction of sp³-hybridized carbons (Fsp3) is 0.0455. The molecule has 0 aliphatic carbocycles. The maximum Gasteiger partial charge on any atom is 0.289 e. The van der Waals surface area contributed by atoms with Crippen LogP contribution in [-0.4, -0.2) is 30.5 Å². The third-order valence-corrected chi connectivity index (χ3v) is 5.88. The predicted molar refractivity (Wildman–Crippen MR) is 121 cm³/mol. The molecule has 0 unspecified atom stereocenters. The number of halogens is 3. The van der Waals surface area contributed by atoms with Crippen molar-refractivity contribution < 1.29 is 9.21 Å². The average molecular weight is 485 g/mol. The van der Waals surface area contributed by atoms with Crippen LogP contribution in [0.4, 0.5) is 0 Å². The normalized spacial score (nSPS) is 11.2. The van der Waals surface area contributed by atoms with Gasteiger partial charge in [-0.05, 0) is 29.8 Å². The lowest BCUT2D eigenvalue weighted by atomic mass is 10.1. The second kappa shape index (κ2) is 8.35. The number of fused-ring (bicyclic) bond motifs is 1. The Bertz CT molecular complexity index is 1460. The topological polar surface area (TPSA) is 86.7 Å². The van der Waals surface area contributed by atoms with E-state index in [-0.39, 0.29) is 22.5 Å². The van der Waals surface area contributed by atoms with E-state index in [0.717, 1.165) is 11.1 Å². The second-order valence-electron chi connectivity index (χ2n) is 6.84. The maximum atomic E-state index is 13.3. The summed E-state index contributed by atoms with van der Waals surface area (Å²) in [7, 11) is 0. The van der Waals surface area contributed by atoms with Gasteiger partial charge in [-0.25, -0.2) is 9.97 Å². The molecule has 2 aromatic carbocycles. The summed E-state index contributed by atoms with van der Waals surface area (Å²) in [5.41, 5.74) is 2.26. The highest BCUT2D eigenvalue weighted by Gasteiger charge is 2.27. The number of para-hydroxylation sites is 1. The van der Waals surface area contributed by atoms with Crippen LogP contribution in [0.15, 0.2) is 65.5 Å². The number of hydrogen-bond acceptors (Lipinski definition) is 6. The van der Waals surface area contributed by atoms with Gasteiger partial charge in [-0.1, -0.05) is 59.1 Å². The monoisotopic (exact) mass is 483 g/mol. The molecule has 0 amide bonds. The molecular formula is C22H12Cl3N5O2. The van der Waals surface area contributed by atoms with E-state index in [9.17, 15) is 4.79 Å². The van der Waals surface area contributed by atoms with E-state index in [2.05, 4.69) is 20.2 Å². The predicted octanol–water partition coefficient (Wildman–Crippen LogP) is 5.72. The lowest BCUT2D eigenvalue weighted by Gasteiger charge is -2.09. The van der Waals surface area contributed by atoms with Crippen LogP contribution in [0.1, 0.15) is 21.8 Å². The van der Waals surface area contributed by atoms with Gasteiger partial charge in [0.25, 0.3) is 17.6 Å². The number of aromatic nitrogens is 5. The lowest BCUT2D eigenvalue weighted by Crippen LogP contribution is -2.04. The molecule has 0 aliphatic heterocycles. The molecule has 0 bridgehead atoms. The van der Waals surface area contributed by atoms with Crippen LogP contribution in [0.25, 0.3) is 22.5 Å². The molecule has 10 heteroatoms. The highest BCUT2D eigenvalue weighted by atomic mass is 35.5. The van der Waals surface area contributed by atoms with Gasteiger partial charge in [-0.2, -0.15) is 0 Å². The van der Waals surface area contributed by atoms with Crippen LogP contribution < -0.4 is 0 Å². The van der Waals surface area contributed by atoms with Crippen LogP contribution >= 0.6 is 34.8 Å². The van der Waals surface area contributed by atoms with Crippen molar-refractivity contribution in [3.8, 4) is 11.6 Å². The zero-order valence-corrected chi connectivity index (χ0v) is 18.4. The molecule has 0 N–H and O–H groups in total. The molecule has 0 radical (unpaired) electrons. The number of rotatable bonds is 5. The van der Waals surface area contributed by atoms with Gasteiger partial charge in [0.2, 0.25) is 0 Å². The lowest BCUT2D eigenvalue weighted by molar-refractivity contribution is 0.100. The summed E-state index contributed by atoms with van der Waals surface area (Å²) in [5, 5.41) is 9.78. The van der Waals surface area contributed by atoms with Gasteiger partial charge in [0.1, 0.15) is 17.2 Å². The van der Waals surface area contributed by atoms with Crippen molar-refractivity contribution in [2.45, 2.75) is 6.54 Å². The minimum Gasteiger partial charge on any atom is -0.412 e. The average Bonchev–Trinajstić information content (AvgIpc) is 3.40. The molecule has 0 saturated carbocycles. The van der Waals surface area contributed by atoms with Gasteiger partial charge < -0.3 is 8.98 Å². The molecule has 3 aromatic heterocycles. The summed E-state index contributed by atoms with van der Waals surface area (Å²) < 4.78 is 7.39. The fourth-order valence-corrected chi connectivity index (χ4v) is 4.21. The van der Waals surface area contributed by atoms with Gasteiger partial charge in [0, 0.05) is 21.6 Å². The van der Waals surface area contributed by atoms with Crippen molar-refractivity contribution in [2.75, 3.05) is 0 Å². The van der Waals surface area contributed by atoms with Crippen LogP contribution in [0, 0.1) is 0 Å². The minimum atomic E-state index is -0.486. The first kappa shape index (κ1) is 20.6. The molecule has 5 rings (SSSR count). The summed E-state index contributed by atoms with van der Waals surface area (Å²) in [6, 6.07) is 14.2. The number of carbonyl (C=O) groups excluding carboxylic acids is 1. The van der Waals surface area contributed by atoms with Crippen molar-refractivity contribution >= 4 is 51.5 Å². The van der Waals surface area contributed by atoms with E-state index in [1.54, 1.807) is 29.0 Å². The molecular weight excluding hydrogens is 473 g/mol. The highest BCUT2D eigenvalue weighted by Crippen LogP contribution is 2.34. The van der Waals surface area contributed by atoms with Crippen LogP contribution in [0.3, 0.4) is 0 Å².